The molecule has 2 amide bonds. The average Bonchev–Trinajstić information content (AvgIpc) is 2.80. The van der Waals surface area contributed by atoms with Gasteiger partial charge in [0.2, 0.25) is 0 Å². The van der Waals surface area contributed by atoms with Gasteiger partial charge in [0, 0.05) is 25.0 Å². The SMILES string of the molecule is CCCCN(CCCC)C(=S)SN1C(=O)c2ccccc2C1=O. The smallest absolute Gasteiger partial charge is 0.272 e. The summed E-state index contributed by atoms with van der Waals surface area (Å²) < 4.78 is 1.79. The lowest BCUT2D eigenvalue weighted by Crippen LogP contribution is -2.34. The van der Waals surface area contributed by atoms with Crippen molar-refractivity contribution in [2.24, 2.45) is 0 Å². The number of imide groups is 1. The third-order valence-electron chi connectivity index (χ3n) is 3.75. The predicted octanol–water partition coefficient (Wildman–Crippen LogP) is 4.12. The van der Waals surface area contributed by atoms with E-state index in [0.717, 1.165) is 50.7 Å². The van der Waals surface area contributed by atoms with E-state index < -0.39 is 0 Å². The summed E-state index contributed by atoms with van der Waals surface area (Å²) in [7, 11) is 0. The zero-order valence-corrected chi connectivity index (χ0v) is 15.2. The van der Waals surface area contributed by atoms with Gasteiger partial charge in [0.15, 0.2) is 4.32 Å². The van der Waals surface area contributed by atoms with Gasteiger partial charge in [-0.3, -0.25) is 9.59 Å². The van der Waals surface area contributed by atoms with Crippen LogP contribution in [0.2, 0.25) is 0 Å². The number of benzene rings is 1. The number of thiocarbonyl (C=S) groups is 1. The summed E-state index contributed by atoms with van der Waals surface area (Å²) in [5, 5.41) is 0. The van der Waals surface area contributed by atoms with E-state index in [0.29, 0.717) is 15.4 Å². The Labute approximate surface area is 147 Å². The van der Waals surface area contributed by atoms with Gasteiger partial charge in [0.25, 0.3) is 11.8 Å². The van der Waals surface area contributed by atoms with Crippen molar-refractivity contribution < 1.29 is 9.59 Å². The minimum atomic E-state index is -0.274. The monoisotopic (exact) mass is 350 g/mol. The van der Waals surface area contributed by atoms with Gasteiger partial charge >= 0.3 is 0 Å². The number of rotatable bonds is 7. The number of fused-ring (bicyclic) bond motifs is 1. The van der Waals surface area contributed by atoms with Crippen LogP contribution in [0.5, 0.6) is 0 Å². The largest absolute Gasteiger partial charge is 0.356 e. The fraction of sp³-hybridized carbons (Fsp3) is 0.471. The van der Waals surface area contributed by atoms with E-state index in [1.807, 2.05) is 0 Å². The van der Waals surface area contributed by atoms with Crippen LogP contribution in [0.15, 0.2) is 24.3 Å². The number of amides is 2. The summed E-state index contributed by atoms with van der Waals surface area (Å²) in [5.74, 6) is -0.548. The summed E-state index contributed by atoms with van der Waals surface area (Å²) in [6, 6.07) is 6.91. The van der Waals surface area contributed by atoms with Crippen molar-refractivity contribution in [1.29, 1.82) is 0 Å². The lowest BCUT2D eigenvalue weighted by molar-refractivity contribution is 0.0778. The molecule has 0 N–H and O–H groups in total. The van der Waals surface area contributed by atoms with Crippen molar-refractivity contribution in [2.45, 2.75) is 39.5 Å². The zero-order valence-electron chi connectivity index (χ0n) is 13.6. The van der Waals surface area contributed by atoms with Gasteiger partial charge in [0.05, 0.1) is 11.1 Å². The van der Waals surface area contributed by atoms with Crippen LogP contribution >= 0.6 is 24.2 Å². The number of hydrogen-bond acceptors (Lipinski definition) is 4. The first-order valence-corrected chi connectivity index (χ1v) is 9.23. The molecule has 124 valence electrons. The number of carbonyl (C=O) groups is 2. The maximum Gasteiger partial charge on any atom is 0.272 e. The molecule has 0 bridgehead atoms. The molecule has 0 fully saturated rings. The Kier molecular flexibility index (Phi) is 6.59. The van der Waals surface area contributed by atoms with Gasteiger partial charge in [-0.05, 0) is 25.0 Å². The van der Waals surface area contributed by atoms with Crippen molar-refractivity contribution >= 4 is 40.3 Å². The highest BCUT2D eigenvalue weighted by Crippen LogP contribution is 2.29. The molecule has 0 aromatic heterocycles. The van der Waals surface area contributed by atoms with E-state index in [-0.39, 0.29) is 11.8 Å². The highest BCUT2D eigenvalue weighted by molar-refractivity contribution is 8.22. The molecule has 2 rings (SSSR count). The third kappa shape index (κ3) is 4.12. The second kappa shape index (κ2) is 8.45. The van der Waals surface area contributed by atoms with E-state index in [4.69, 9.17) is 12.2 Å². The summed E-state index contributed by atoms with van der Waals surface area (Å²) in [6.07, 6.45) is 4.27. The molecular weight excluding hydrogens is 328 g/mol. The minimum Gasteiger partial charge on any atom is -0.356 e. The van der Waals surface area contributed by atoms with Gasteiger partial charge < -0.3 is 4.90 Å². The molecule has 0 atom stereocenters. The maximum absolute atomic E-state index is 12.4. The molecule has 0 radical (unpaired) electrons. The minimum absolute atomic E-state index is 0.274. The first-order chi connectivity index (χ1) is 11.1. The number of carbonyl (C=O) groups excluding carboxylic acids is 2. The number of unbranched alkanes of at least 4 members (excludes halogenated alkanes) is 2. The Morgan fingerprint density at radius 2 is 1.52 bits per heavy atom. The molecule has 1 aromatic carbocycles. The summed E-state index contributed by atoms with van der Waals surface area (Å²) in [5.41, 5.74) is 0.919. The maximum atomic E-state index is 12.4. The van der Waals surface area contributed by atoms with Crippen LogP contribution in [-0.4, -0.2) is 38.4 Å². The van der Waals surface area contributed by atoms with Gasteiger partial charge in [-0.1, -0.05) is 51.0 Å². The van der Waals surface area contributed by atoms with Crippen molar-refractivity contribution in [3.8, 4) is 0 Å². The van der Waals surface area contributed by atoms with E-state index in [1.54, 1.807) is 24.3 Å². The average molecular weight is 351 g/mol. The van der Waals surface area contributed by atoms with Crippen molar-refractivity contribution in [1.82, 2.24) is 9.21 Å². The molecule has 1 aromatic rings. The number of nitrogens with zero attached hydrogens (tertiary/aromatic N) is 2. The molecule has 0 saturated carbocycles. The Morgan fingerprint density at radius 3 is 1.96 bits per heavy atom. The first kappa shape index (κ1) is 17.9. The lowest BCUT2D eigenvalue weighted by atomic mass is 10.1. The highest BCUT2D eigenvalue weighted by atomic mass is 32.2. The van der Waals surface area contributed by atoms with Crippen LogP contribution in [-0.2, 0) is 0 Å². The van der Waals surface area contributed by atoms with Crippen molar-refractivity contribution in [2.75, 3.05) is 13.1 Å². The van der Waals surface area contributed by atoms with E-state index in [1.165, 1.54) is 4.31 Å². The third-order valence-corrected chi connectivity index (χ3v) is 5.16. The van der Waals surface area contributed by atoms with Crippen molar-refractivity contribution in [3.63, 3.8) is 0 Å². The van der Waals surface area contributed by atoms with Crippen LogP contribution < -0.4 is 0 Å². The van der Waals surface area contributed by atoms with Crippen molar-refractivity contribution in [3.05, 3.63) is 35.4 Å². The molecule has 1 aliphatic rings. The van der Waals surface area contributed by atoms with Crippen LogP contribution in [0.1, 0.15) is 60.2 Å². The van der Waals surface area contributed by atoms with Crippen LogP contribution in [0.3, 0.4) is 0 Å². The first-order valence-electron chi connectivity index (χ1n) is 8.04. The van der Waals surface area contributed by atoms with Gasteiger partial charge in [-0.2, -0.15) is 0 Å². The Hall–Kier alpha value is -1.40. The molecule has 1 aliphatic heterocycles. The zero-order chi connectivity index (χ0) is 16.8. The predicted molar refractivity (Wildman–Crippen MR) is 98.5 cm³/mol. The summed E-state index contributed by atoms with van der Waals surface area (Å²) >= 11 is 6.58. The topological polar surface area (TPSA) is 40.6 Å². The van der Waals surface area contributed by atoms with E-state index in [9.17, 15) is 9.59 Å². The Bertz CT molecular complexity index is 561. The standard InChI is InChI=1S/C17H22N2O2S2/c1-3-5-11-18(12-6-4-2)17(22)23-19-15(20)13-9-7-8-10-14(13)16(19)21/h7-10H,3-6,11-12H2,1-2H3. The molecule has 0 aliphatic carbocycles. The van der Waals surface area contributed by atoms with E-state index in [2.05, 4.69) is 18.7 Å². The molecule has 6 heteroatoms. The Balaban J connectivity index is 2.07. The normalized spacial score (nSPS) is 13.4. The summed E-state index contributed by atoms with van der Waals surface area (Å²) in [6.45, 7) is 6.01. The quantitative estimate of drug-likeness (QED) is 0.420. The molecule has 0 saturated heterocycles. The second-order valence-electron chi connectivity index (χ2n) is 5.50. The number of hydrogen-bond donors (Lipinski definition) is 0. The van der Waals surface area contributed by atoms with Crippen LogP contribution in [0, 0.1) is 0 Å². The fourth-order valence-electron chi connectivity index (χ4n) is 2.38. The molecule has 23 heavy (non-hydrogen) atoms. The molecular formula is C17H22N2O2S2. The summed E-state index contributed by atoms with van der Waals surface area (Å²) in [4.78, 5) is 26.9. The van der Waals surface area contributed by atoms with Crippen LogP contribution in [0.4, 0.5) is 0 Å². The second-order valence-corrected chi connectivity index (χ2v) is 7.08. The molecule has 4 nitrogen and oxygen atoms in total. The van der Waals surface area contributed by atoms with E-state index >= 15 is 0 Å². The molecule has 0 spiro atoms. The lowest BCUT2D eigenvalue weighted by Gasteiger charge is -2.26. The molecule has 0 unspecified atom stereocenters. The highest BCUT2D eigenvalue weighted by Gasteiger charge is 2.37. The van der Waals surface area contributed by atoms with Crippen LogP contribution in [0.25, 0.3) is 0 Å². The van der Waals surface area contributed by atoms with Gasteiger partial charge in [-0.15, -0.1) is 0 Å². The fourth-order valence-corrected chi connectivity index (χ4v) is 3.60. The Morgan fingerprint density at radius 1 is 1.04 bits per heavy atom. The van der Waals surface area contributed by atoms with Gasteiger partial charge in [0.1, 0.15) is 0 Å². The van der Waals surface area contributed by atoms with Gasteiger partial charge in [-0.25, -0.2) is 4.31 Å². The molecule has 1 heterocycles.